The van der Waals surface area contributed by atoms with Gasteiger partial charge in [0.15, 0.2) is 0 Å². The van der Waals surface area contributed by atoms with E-state index in [1.54, 1.807) is 23.1 Å². The van der Waals surface area contributed by atoms with Gasteiger partial charge in [0.2, 0.25) is 0 Å². The van der Waals surface area contributed by atoms with Crippen molar-refractivity contribution in [2.24, 2.45) is 5.92 Å². The molecule has 4 unspecified atom stereocenters. The van der Waals surface area contributed by atoms with Crippen LogP contribution in [0.2, 0.25) is 0 Å². The lowest BCUT2D eigenvalue weighted by atomic mass is 9.78. The van der Waals surface area contributed by atoms with Crippen molar-refractivity contribution in [3.05, 3.63) is 44.7 Å². The third kappa shape index (κ3) is 2.58. The van der Waals surface area contributed by atoms with Crippen LogP contribution < -0.4 is 10.7 Å². The van der Waals surface area contributed by atoms with Crippen molar-refractivity contribution in [3.8, 4) is 0 Å². The molecule has 2 aromatic heterocycles. The zero-order valence-electron chi connectivity index (χ0n) is 14.7. The maximum atomic E-state index is 13.4. The van der Waals surface area contributed by atoms with E-state index >= 15 is 0 Å². The summed E-state index contributed by atoms with van der Waals surface area (Å²) in [7, 11) is -0.918. The van der Waals surface area contributed by atoms with Crippen LogP contribution in [0.4, 0.5) is 0 Å². The highest BCUT2D eigenvalue weighted by Gasteiger charge is 2.51. The molecule has 3 aliphatic heterocycles. The van der Waals surface area contributed by atoms with Crippen molar-refractivity contribution >= 4 is 33.9 Å². The molecular formula is C18H21N5OS3. The quantitative estimate of drug-likeness (QED) is 0.796. The molecule has 6 nitrogen and oxygen atoms in total. The Labute approximate surface area is 168 Å². The first kappa shape index (κ1) is 16.8. The number of piperidine rings is 1. The fourth-order valence-electron chi connectivity index (χ4n) is 4.97. The third-order valence-corrected chi connectivity index (χ3v) is 10.7. The summed E-state index contributed by atoms with van der Waals surface area (Å²) in [5.74, 6) is 0.699. The lowest BCUT2D eigenvalue weighted by Gasteiger charge is -2.42. The van der Waals surface area contributed by atoms with Crippen molar-refractivity contribution in [1.29, 1.82) is 0 Å². The monoisotopic (exact) mass is 419 g/mol. The van der Waals surface area contributed by atoms with E-state index < -0.39 is 10.8 Å². The molecule has 1 aliphatic carbocycles. The molecular weight excluding hydrogens is 398 g/mol. The smallest absolute Gasteiger partial charge is 0.115 e. The van der Waals surface area contributed by atoms with Crippen LogP contribution in [0, 0.1) is 5.92 Å². The van der Waals surface area contributed by atoms with Crippen molar-refractivity contribution in [3.63, 3.8) is 0 Å². The first-order chi connectivity index (χ1) is 13.3. The van der Waals surface area contributed by atoms with Gasteiger partial charge in [0.05, 0.1) is 44.0 Å². The molecule has 1 saturated carbocycles. The van der Waals surface area contributed by atoms with Crippen LogP contribution in [0.3, 0.4) is 0 Å². The molecule has 4 aliphatic rings. The van der Waals surface area contributed by atoms with E-state index in [4.69, 9.17) is 0 Å². The zero-order chi connectivity index (χ0) is 18.0. The Hall–Kier alpha value is -1.16. The first-order valence-electron chi connectivity index (χ1n) is 9.55. The Morgan fingerprint density at radius 3 is 3.00 bits per heavy atom. The number of imidazole rings is 1. The Morgan fingerprint density at radius 2 is 2.19 bits per heavy atom. The fraction of sp³-hybridized carbons (Fsp3) is 0.556. The van der Waals surface area contributed by atoms with Crippen molar-refractivity contribution in [2.75, 3.05) is 5.43 Å². The first-order valence-corrected chi connectivity index (χ1v) is 12.5. The van der Waals surface area contributed by atoms with Gasteiger partial charge >= 0.3 is 0 Å². The molecule has 0 bridgehead atoms. The summed E-state index contributed by atoms with van der Waals surface area (Å²) >= 11 is 3.50. The highest BCUT2D eigenvalue weighted by molar-refractivity contribution is 8.17. The van der Waals surface area contributed by atoms with Crippen LogP contribution in [0.1, 0.15) is 54.8 Å². The fourth-order valence-corrected chi connectivity index (χ4v) is 9.49. The molecule has 5 atom stereocenters. The second-order valence-corrected chi connectivity index (χ2v) is 11.7. The Kier molecular flexibility index (Phi) is 4.00. The predicted octanol–water partition coefficient (Wildman–Crippen LogP) is 3.26. The molecule has 9 heteroatoms. The molecule has 2 N–H and O–H groups in total. The molecule has 2 aromatic rings. The number of fused-ring (bicyclic) bond motifs is 2. The molecule has 0 radical (unpaired) electrons. The highest BCUT2D eigenvalue weighted by Crippen LogP contribution is 2.56. The van der Waals surface area contributed by atoms with Crippen molar-refractivity contribution < 1.29 is 4.21 Å². The van der Waals surface area contributed by atoms with E-state index in [0.717, 1.165) is 34.2 Å². The summed E-state index contributed by atoms with van der Waals surface area (Å²) in [6.07, 6.45) is 11.3. The molecule has 2 fully saturated rings. The Balaban J connectivity index is 1.41. The van der Waals surface area contributed by atoms with E-state index in [1.807, 2.05) is 28.8 Å². The number of thiazole rings is 1. The minimum atomic E-state index is -0.918. The van der Waals surface area contributed by atoms with Gasteiger partial charge in [-0.3, -0.25) is 15.0 Å². The standard InChI is InChI=1S/C18H21N5OS3/c24-27(10-3-1-2-4-10)18-15-14-11(13-8-19-9-23(13)22-15)7-12(21-17(14)26-18)16-20-5-6-25-16/h5-6,8-12,14,17,21-22H,1-4,7H2/t11?,12?,14?,17?,27-/m1/s1. The Bertz CT molecular complexity index is 917. The number of hydrogen-bond donors (Lipinski definition) is 2. The average Bonchev–Trinajstić information content (AvgIpc) is 3.47. The highest BCUT2D eigenvalue weighted by atomic mass is 32.2. The lowest BCUT2D eigenvalue weighted by molar-refractivity contribution is 0.266. The maximum Gasteiger partial charge on any atom is 0.115 e. The largest absolute Gasteiger partial charge is 0.295 e. The van der Waals surface area contributed by atoms with Crippen LogP contribution in [-0.2, 0) is 10.8 Å². The van der Waals surface area contributed by atoms with E-state index in [2.05, 4.69) is 20.7 Å². The number of thioether (sulfide) groups is 1. The predicted molar refractivity (Wildman–Crippen MR) is 109 cm³/mol. The SMILES string of the molecule is O=[S@@](C1=C2Nn3cncc3C3CC(c4nccs4)NC(S1)C23)C1CCCC1. The molecule has 6 rings (SSSR count). The lowest BCUT2D eigenvalue weighted by Crippen LogP contribution is -2.48. The topological polar surface area (TPSA) is 71.8 Å². The van der Waals surface area contributed by atoms with Gasteiger partial charge in [-0.15, -0.1) is 11.3 Å². The van der Waals surface area contributed by atoms with Gasteiger partial charge in [-0.1, -0.05) is 24.6 Å². The van der Waals surface area contributed by atoms with Crippen LogP contribution in [0.5, 0.6) is 0 Å². The second kappa shape index (κ2) is 6.43. The van der Waals surface area contributed by atoms with E-state index in [0.29, 0.717) is 17.1 Å². The molecule has 142 valence electrons. The van der Waals surface area contributed by atoms with Gasteiger partial charge in [0.1, 0.15) is 11.3 Å². The zero-order valence-corrected chi connectivity index (χ0v) is 17.2. The summed E-state index contributed by atoms with van der Waals surface area (Å²) in [4.78, 5) is 8.93. The van der Waals surface area contributed by atoms with Gasteiger partial charge < -0.3 is 0 Å². The molecule has 0 aromatic carbocycles. The summed E-state index contributed by atoms with van der Waals surface area (Å²) in [6.45, 7) is 0. The molecule has 5 heterocycles. The van der Waals surface area contributed by atoms with Crippen molar-refractivity contribution in [1.82, 2.24) is 20.0 Å². The Morgan fingerprint density at radius 1 is 1.30 bits per heavy atom. The summed E-state index contributed by atoms with van der Waals surface area (Å²) in [6, 6.07) is 0.241. The minimum absolute atomic E-state index is 0.240. The summed E-state index contributed by atoms with van der Waals surface area (Å²) < 4.78 is 16.5. The third-order valence-electron chi connectivity index (χ3n) is 6.23. The van der Waals surface area contributed by atoms with Crippen LogP contribution in [0.15, 0.2) is 34.0 Å². The van der Waals surface area contributed by atoms with Crippen molar-refractivity contribution in [2.45, 2.75) is 54.7 Å². The van der Waals surface area contributed by atoms with Gasteiger partial charge in [0, 0.05) is 28.7 Å². The van der Waals surface area contributed by atoms with Gasteiger partial charge in [0.25, 0.3) is 0 Å². The van der Waals surface area contributed by atoms with E-state index in [-0.39, 0.29) is 11.4 Å². The summed E-state index contributed by atoms with van der Waals surface area (Å²) in [5.41, 5.74) is 5.93. The number of rotatable bonds is 3. The number of aromatic nitrogens is 3. The number of nitrogens with zero attached hydrogens (tertiary/aromatic N) is 3. The normalized spacial score (nSPS) is 33.6. The summed E-state index contributed by atoms with van der Waals surface area (Å²) in [5, 5.41) is 7.56. The van der Waals surface area contributed by atoms with E-state index in [1.165, 1.54) is 18.5 Å². The van der Waals surface area contributed by atoms with E-state index in [9.17, 15) is 4.21 Å². The number of hydrogen-bond acceptors (Lipinski definition) is 7. The van der Waals surface area contributed by atoms with Gasteiger partial charge in [-0.25, -0.2) is 14.6 Å². The van der Waals surface area contributed by atoms with Gasteiger partial charge in [-0.2, -0.15) is 0 Å². The number of nitrogens with one attached hydrogen (secondary N) is 2. The molecule has 27 heavy (non-hydrogen) atoms. The van der Waals surface area contributed by atoms with Crippen LogP contribution >= 0.6 is 23.1 Å². The van der Waals surface area contributed by atoms with Crippen LogP contribution in [0.25, 0.3) is 0 Å². The second-order valence-electron chi connectivity index (χ2n) is 7.70. The molecule has 0 spiro atoms. The van der Waals surface area contributed by atoms with Crippen LogP contribution in [-0.4, -0.2) is 29.5 Å². The maximum absolute atomic E-state index is 13.4. The minimum Gasteiger partial charge on any atom is -0.295 e. The van der Waals surface area contributed by atoms with Gasteiger partial charge in [-0.05, 0) is 19.3 Å². The molecule has 1 saturated heterocycles. The molecule has 0 amide bonds. The average molecular weight is 420 g/mol.